The van der Waals surface area contributed by atoms with Crippen LogP contribution in [0.15, 0.2) is 0 Å². The molecule has 0 radical (unpaired) electrons. The minimum Gasteiger partial charge on any atom is -0.444 e. The number of rotatable bonds is 6. The van der Waals surface area contributed by atoms with E-state index in [-0.39, 0.29) is 12.1 Å². The monoisotopic (exact) mass is 312 g/mol. The van der Waals surface area contributed by atoms with Crippen molar-refractivity contribution in [3.05, 3.63) is 0 Å². The van der Waals surface area contributed by atoms with E-state index in [0.717, 1.165) is 24.9 Å². The summed E-state index contributed by atoms with van der Waals surface area (Å²) in [4.78, 5) is 14.0. The summed E-state index contributed by atoms with van der Waals surface area (Å²) in [5.41, 5.74) is -0.435. The highest BCUT2D eigenvalue weighted by molar-refractivity contribution is 5.68. The Labute approximate surface area is 137 Å². The van der Waals surface area contributed by atoms with Crippen molar-refractivity contribution in [1.82, 2.24) is 10.2 Å². The molecule has 0 aliphatic heterocycles. The van der Waals surface area contributed by atoms with E-state index in [9.17, 15) is 4.79 Å². The van der Waals surface area contributed by atoms with Crippen LogP contribution < -0.4 is 5.32 Å². The molecule has 0 spiro atoms. The molecular formula is C18H36N2O2. The number of nitrogens with zero attached hydrogens (tertiary/aromatic N) is 1. The summed E-state index contributed by atoms with van der Waals surface area (Å²) in [5, 5.41) is 3.53. The van der Waals surface area contributed by atoms with E-state index in [4.69, 9.17) is 4.74 Å². The average molecular weight is 312 g/mol. The fraction of sp³-hybridized carbons (Fsp3) is 0.944. The second kappa shape index (κ2) is 8.76. The smallest absolute Gasteiger partial charge is 0.410 e. The first-order valence-electron chi connectivity index (χ1n) is 8.89. The largest absolute Gasteiger partial charge is 0.444 e. The van der Waals surface area contributed by atoms with Crippen LogP contribution in [0.25, 0.3) is 0 Å². The number of amides is 1. The molecule has 130 valence electrons. The number of hydrogen-bond donors (Lipinski definition) is 1. The lowest BCUT2D eigenvalue weighted by Gasteiger charge is -2.31. The van der Waals surface area contributed by atoms with Gasteiger partial charge in [0.1, 0.15) is 5.60 Å². The van der Waals surface area contributed by atoms with E-state index in [1.165, 1.54) is 25.7 Å². The normalized spacial score (nSPS) is 22.7. The predicted octanol–water partition coefficient (Wildman–Crippen LogP) is 4.05. The van der Waals surface area contributed by atoms with Crippen molar-refractivity contribution in [3.8, 4) is 0 Å². The van der Waals surface area contributed by atoms with E-state index in [1.807, 2.05) is 39.5 Å². The number of nitrogens with one attached hydrogen (secondary N) is 1. The summed E-state index contributed by atoms with van der Waals surface area (Å²) < 4.78 is 5.48. The van der Waals surface area contributed by atoms with Gasteiger partial charge in [-0.15, -0.1) is 0 Å². The van der Waals surface area contributed by atoms with Gasteiger partial charge in [0.25, 0.3) is 0 Å². The summed E-state index contributed by atoms with van der Waals surface area (Å²) in [6.45, 7) is 14.8. The minimum atomic E-state index is -0.435. The molecule has 22 heavy (non-hydrogen) atoms. The van der Waals surface area contributed by atoms with Gasteiger partial charge >= 0.3 is 6.09 Å². The van der Waals surface area contributed by atoms with Gasteiger partial charge in [0.2, 0.25) is 0 Å². The Morgan fingerprint density at radius 2 is 2.00 bits per heavy atom. The molecule has 1 saturated carbocycles. The van der Waals surface area contributed by atoms with E-state index in [1.54, 1.807) is 0 Å². The molecule has 1 fully saturated rings. The average Bonchev–Trinajstić information content (AvgIpc) is 2.35. The van der Waals surface area contributed by atoms with E-state index in [2.05, 4.69) is 12.2 Å². The van der Waals surface area contributed by atoms with Gasteiger partial charge in [0.15, 0.2) is 0 Å². The van der Waals surface area contributed by atoms with Crippen molar-refractivity contribution < 1.29 is 9.53 Å². The first-order chi connectivity index (χ1) is 10.2. The lowest BCUT2D eigenvalue weighted by atomic mass is 9.82. The Balaban J connectivity index is 2.31. The van der Waals surface area contributed by atoms with Crippen molar-refractivity contribution >= 4 is 6.09 Å². The maximum atomic E-state index is 12.2. The van der Waals surface area contributed by atoms with Gasteiger partial charge in [-0.1, -0.05) is 19.8 Å². The molecule has 1 N–H and O–H groups in total. The Morgan fingerprint density at radius 3 is 2.55 bits per heavy atom. The second-order valence-electron chi connectivity index (χ2n) is 8.11. The molecule has 4 heteroatoms. The number of carbonyl (C=O) groups excluding carboxylic acids is 1. The lowest BCUT2D eigenvalue weighted by Crippen LogP contribution is -2.44. The highest BCUT2D eigenvalue weighted by atomic mass is 16.6. The minimum absolute atomic E-state index is 0.159. The van der Waals surface area contributed by atoms with Gasteiger partial charge in [-0.2, -0.15) is 0 Å². The maximum absolute atomic E-state index is 12.2. The van der Waals surface area contributed by atoms with Gasteiger partial charge in [-0.25, -0.2) is 4.79 Å². The van der Waals surface area contributed by atoms with Gasteiger partial charge in [0, 0.05) is 19.1 Å². The fourth-order valence-electron chi connectivity index (χ4n) is 3.13. The number of carbonyl (C=O) groups is 1. The molecule has 1 amide bonds. The molecule has 0 heterocycles. The summed E-state index contributed by atoms with van der Waals surface area (Å²) in [7, 11) is 0. The first-order valence-corrected chi connectivity index (χ1v) is 8.89. The summed E-state index contributed by atoms with van der Waals surface area (Å²) in [6.07, 6.45) is 5.22. The standard InChI is InChI=1S/C18H36N2O2/c1-14(2)20(17(21)22-18(4,5)6)11-10-19-13-16-9-7-8-15(3)12-16/h14-16,19H,7-13H2,1-6H3. The molecule has 0 bridgehead atoms. The molecule has 1 rings (SSSR count). The third kappa shape index (κ3) is 7.48. The van der Waals surface area contributed by atoms with Crippen LogP contribution in [0.1, 0.15) is 67.2 Å². The highest BCUT2D eigenvalue weighted by Crippen LogP contribution is 2.27. The molecule has 0 aromatic carbocycles. The highest BCUT2D eigenvalue weighted by Gasteiger charge is 2.24. The van der Waals surface area contributed by atoms with Gasteiger partial charge in [-0.05, 0) is 65.8 Å². The third-order valence-corrected chi connectivity index (χ3v) is 4.26. The van der Waals surface area contributed by atoms with E-state index >= 15 is 0 Å². The van der Waals surface area contributed by atoms with Crippen molar-refractivity contribution in [2.45, 2.75) is 78.9 Å². The molecule has 2 unspecified atom stereocenters. The fourth-order valence-corrected chi connectivity index (χ4v) is 3.13. The van der Waals surface area contributed by atoms with Gasteiger partial charge in [-0.3, -0.25) is 0 Å². The Bertz CT molecular complexity index is 336. The molecule has 1 aliphatic carbocycles. The molecular weight excluding hydrogens is 276 g/mol. The molecule has 0 aromatic rings. The van der Waals surface area contributed by atoms with Crippen molar-refractivity contribution in [1.29, 1.82) is 0 Å². The Hall–Kier alpha value is -0.770. The Morgan fingerprint density at radius 1 is 1.32 bits per heavy atom. The van der Waals surface area contributed by atoms with Crippen LogP contribution in [0.3, 0.4) is 0 Å². The van der Waals surface area contributed by atoms with Gasteiger partial charge < -0.3 is 15.0 Å². The van der Waals surface area contributed by atoms with Crippen molar-refractivity contribution in [3.63, 3.8) is 0 Å². The predicted molar refractivity (Wildman–Crippen MR) is 92.1 cm³/mol. The molecule has 0 aromatic heterocycles. The van der Waals surface area contributed by atoms with Crippen LogP contribution >= 0.6 is 0 Å². The summed E-state index contributed by atoms with van der Waals surface area (Å²) in [5.74, 6) is 1.67. The van der Waals surface area contributed by atoms with E-state index in [0.29, 0.717) is 6.54 Å². The number of ether oxygens (including phenoxy) is 1. The molecule has 4 nitrogen and oxygen atoms in total. The first kappa shape index (κ1) is 19.3. The summed E-state index contributed by atoms with van der Waals surface area (Å²) in [6, 6.07) is 0.159. The zero-order valence-electron chi connectivity index (χ0n) is 15.4. The van der Waals surface area contributed by atoms with Crippen LogP contribution in [0.5, 0.6) is 0 Å². The van der Waals surface area contributed by atoms with Crippen LogP contribution in [0, 0.1) is 11.8 Å². The van der Waals surface area contributed by atoms with E-state index < -0.39 is 5.60 Å². The topological polar surface area (TPSA) is 41.6 Å². The van der Waals surface area contributed by atoms with Crippen LogP contribution in [-0.4, -0.2) is 42.3 Å². The SMILES string of the molecule is CC1CCCC(CNCCN(C(=O)OC(C)(C)C)C(C)C)C1. The third-order valence-electron chi connectivity index (χ3n) is 4.26. The van der Waals surface area contributed by atoms with Crippen molar-refractivity contribution in [2.75, 3.05) is 19.6 Å². The van der Waals surface area contributed by atoms with Crippen LogP contribution in [0.4, 0.5) is 4.79 Å². The zero-order valence-corrected chi connectivity index (χ0v) is 15.4. The summed E-state index contributed by atoms with van der Waals surface area (Å²) >= 11 is 0. The van der Waals surface area contributed by atoms with Crippen LogP contribution in [0.2, 0.25) is 0 Å². The molecule has 2 atom stereocenters. The Kier molecular flexibility index (Phi) is 7.67. The zero-order chi connectivity index (χ0) is 16.8. The molecule has 1 aliphatic rings. The number of hydrogen-bond acceptors (Lipinski definition) is 3. The van der Waals surface area contributed by atoms with Crippen LogP contribution in [-0.2, 0) is 4.74 Å². The quantitative estimate of drug-likeness (QED) is 0.752. The van der Waals surface area contributed by atoms with Gasteiger partial charge in [0.05, 0.1) is 0 Å². The second-order valence-corrected chi connectivity index (χ2v) is 8.11. The van der Waals surface area contributed by atoms with Crippen molar-refractivity contribution in [2.24, 2.45) is 11.8 Å². The molecule has 0 saturated heterocycles. The maximum Gasteiger partial charge on any atom is 0.410 e. The lowest BCUT2D eigenvalue weighted by molar-refractivity contribution is 0.0193.